The Morgan fingerprint density at radius 3 is 2.61 bits per heavy atom. The summed E-state index contributed by atoms with van der Waals surface area (Å²) in [6.45, 7) is 7.43. The number of ether oxygens (including phenoxy) is 2. The van der Waals surface area contributed by atoms with Crippen LogP contribution in [0.2, 0.25) is 0 Å². The zero-order chi connectivity index (χ0) is 21.5. The van der Waals surface area contributed by atoms with Crippen LogP contribution in [0.25, 0.3) is 0 Å². The molecule has 6 rings (SSSR count). The highest BCUT2D eigenvalue weighted by molar-refractivity contribution is 8.02. The molecule has 4 heterocycles. The molecule has 160 valence electrons. The Morgan fingerprint density at radius 1 is 1.03 bits per heavy atom. The van der Waals surface area contributed by atoms with Gasteiger partial charge in [0.1, 0.15) is 13.2 Å². The second-order valence-electron chi connectivity index (χ2n) is 9.29. The third-order valence-electron chi connectivity index (χ3n) is 6.84. The quantitative estimate of drug-likeness (QED) is 0.676. The van der Waals surface area contributed by atoms with Gasteiger partial charge in [0.2, 0.25) is 10.8 Å². The van der Waals surface area contributed by atoms with Crippen molar-refractivity contribution >= 4 is 35.0 Å². The van der Waals surface area contributed by atoms with Crippen LogP contribution in [-0.4, -0.2) is 36.3 Å². The van der Waals surface area contributed by atoms with E-state index in [1.807, 2.05) is 35.2 Å². The van der Waals surface area contributed by atoms with E-state index in [0.29, 0.717) is 36.3 Å². The average molecular weight is 437 g/mol. The van der Waals surface area contributed by atoms with E-state index in [1.165, 1.54) is 17.3 Å². The fourth-order valence-electron chi connectivity index (χ4n) is 5.70. The number of thioether (sulfide) groups is 1. The highest BCUT2D eigenvalue weighted by Gasteiger charge is 2.64. The molecule has 31 heavy (non-hydrogen) atoms. The molecule has 0 N–H and O–H groups in total. The molecule has 2 amide bonds. The summed E-state index contributed by atoms with van der Waals surface area (Å²) in [5.74, 6) is 1.77. The van der Waals surface area contributed by atoms with Crippen molar-refractivity contribution in [1.82, 2.24) is 0 Å². The van der Waals surface area contributed by atoms with E-state index in [2.05, 4.69) is 26.8 Å². The van der Waals surface area contributed by atoms with Gasteiger partial charge in [0, 0.05) is 22.9 Å². The maximum atomic E-state index is 14.2. The first kappa shape index (κ1) is 19.0. The summed E-state index contributed by atoms with van der Waals surface area (Å²) in [5, 5.41) is 0. The van der Waals surface area contributed by atoms with Gasteiger partial charge in [-0.05, 0) is 43.9 Å². The van der Waals surface area contributed by atoms with Crippen LogP contribution in [0.1, 0.15) is 44.2 Å². The minimum Gasteiger partial charge on any atom is -0.486 e. The van der Waals surface area contributed by atoms with Gasteiger partial charge in [-0.15, -0.1) is 11.8 Å². The van der Waals surface area contributed by atoms with Gasteiger partial charge in [-0.2, -0.15) is 0 Å². The molecule has 2 aromatic carbocycles. The zero-order valence-electron chi connectivity index (χ0n) is 17.8. The molecule has 0 radical (unpaired) electrons. The van der Waals surface area contributed by atoms with Gasteiger partial charge in [-0.25, -0.2) is 0 Å². The van der Waals surface area contributed by atoms with Gasteiger partial charge in [0.15, 0.2) is 11.5 Å². The fourth-order valence-corrected chi connectivity index (χ4v) is 7.03. The van der Waals surface area contributed by atoms with Gasteiger partial charge in [0.25, 0.3) is 5.91 Å². The molecule has 0 bridgehead atoms. The first-order chi connectivity index (χ1) is 14.8. The fraction of sp³-hybridized carbons (Fsp3) is 0.417. The number of hydrogen-bond acceptors (Lipinski definition) is 5. The largest absolute Gasteiger partial charge is 0.486 e. The Kier molecular flexibility index (Phi) is 3.80. The van der Waals surface area contributed by atoms with Crippen molar-refractivity contribution in [2.75, 3.05) is 28.8 Å². The van der Waals surface area contributed by atoms with Crippen molar-refractivity contribution in [3.8, 4) is 11.5 Å². The van der Waals surface area contributed by atoms with Crippen molar-refractivity contribution in [2.24, 2.45) is 0 Å². The number of hydrogen-bond donors (Lipinski definition) is 0. The van der Waals surface area contributed by atoms with E-state index in [9.17, 15) is 9.59 Å². The molecule has 0 unspecified atom stereocenters. The normalized spacial score (nSPS) is 27.8. The van der Waals surface area contributed by atoms with Crippen LogP contribution >= 0.6 is 11.8 Å². The number of nitrogens with zero attached hydrogens (tertiary/aromatic N) is 2. The van der Waals surface area contributed by atoms with Crippen LogP contribution in [0.4, 0.5) is 11.4 Å². The third kappa shape index (κ3) is 2.35. The van der Waals surface area contributed by atoms with Crippen LogP contribution in [0.3, 0.4) is 0 Å². The van der Waals surface area contributed by atoms with E-state index >= 15 is 0 Å². The predicted octanol–water partition coefficient (Wildman–Crippen LogP) is 4.02. The Hall–Kier alpha value is -2.67. The lowest BCUT2D eigenvalue weighted by molar-refractivity contribution is -0.124. The summed E-state index contributed by atoms with van der Waals surface area (Å²) in [6, 6.07) is 11.7. The minimum atomic E-state index is -1.09. The Bertz CT molecular complexity index is 1150. The molecular weight excluding hydrogens is 412 g/mol. The average Bonchev–Trinajstić information content (AvgIpc) is 3.22. The van der Waals surface area contributed by atoms with Crippen LogP contribution in [-0.2, 0) is 14.5 Å². The third-order valence-corrected chi connectivity index (χ3v) is 8.23. The molecule has 1 spiro atoms. The molecule has 0 aliphatic carbocycles. The number of carbonyl (C=O) groups excluding carboxylic acids is 2. The van der Waals surface area contributed by atoms with Crippen molar-refractivity contribution in [3.63, 3.8) is 0 Å². The Labute approximate surface area is 185 Å². The summed E-state index contributed by atoms with van der Waals surface area (Å²) in [6.07, 6.45) is 0.883. The van der Waals surface area contributed by atoms with Crippen LogP contribution in [0.15, 0.2) is 36.4 Å². The maximum Gasteiger partial charge on any atom is 0.269 e. The second kappa shape index (κ2) is 6.19. The summed E-state index contributed by atoms with van der Waals surface area (Å²) in [5.41, 5.74) is 3.43. The molecule has 4 aliphatic rings. The molecule has 0 saturated carbocycles. The SMILES string of the molecule is C[C@H]1CC(C)(C)N2C(=O)[C@@]3(SCC(=O)N3c3ccc4c(c3)OCCO4)c3cccc1c32. The highest BCUT2D eigenvalue weighted by Crippen LogP contribution is 2.61. The van der Waals surface area contributed by atoms with Crippen LogP contribution < -0.4 is 19.3 Å². The second-order valence-corrected chi connectivity index (χ2v) is 10.5. The van der Waals surface area contributed by atoms with Crippen molar-refractivity contribution in [2.45, 2.75) is 43.5 Å². The van der Waals surface area contributed by atoms with E-state index in [1.54, 1.807) is 4.90 Å². The maximum absolute atomic E-state index is 14.2. The highest BCUT2D eigenvalue weighted by atomic mass is 32.2. The minimum absolute atomic E-state index is 0.0300. The van der Waals surface area contributed by atoms with Gasteiger partial charge < -0.3 is 14.4 Å². The van der Waals surface area contributed by atoms with Gasteiger partial charge in [-0.1, -0.05) is 25.1 Å². The molecule has 2 atom stereocenters. The van der Waals surface area contributed by atoms with Crippen molar-refractivity contribution < 1.29 is 19.1 Å². The van der Waals surface area contributed by atoms with Crippen LogP contribution in [0.5, 0.6) is 11.5 Å². The number of para-hydroxylation sites is 1. The standard InChI is InChI=1S/C24H24N2O4S/c1-14-12-23(2,3)26-21-16(14)5-4-6-17(21)24(22(26)28)25(20(27)13-31-24)15-7-8-18-19(11-15)30-10-9-29-18/h4-8,11,14H,9-10,12-13H2,1-3H3/t14-,24-/m0/s1. The van der Waals surface area contributed by atoms with Crippen LogP contribution in [0, 0.1) is 0 Å². The first-order valence-electron chi connectivity index (χ1n) is 10.7. The van der Waals surface area contributed by atoms with Crippen molar-refractivity contribution in [3.05, 3.63) is 47.5 Å². The Balaban J connectivity index is 1.57. The number of amides is 2. The molecular formula is C24H24N2O4S. The van der Waals surface area contributed by atoms with Gasteiger partial charge in [0.05, 0.1) is 11.4 Å². The summed E-state index contributed by atoms with van der Waals surface area (Å²) in [7, 11) is 0. The predicted molar refractivity (Wildman–Crippen MR) is 120 cm³/mol. The number of anilines is 2. The number of benzene rings is 2. The van der Waals surface area contributed by atoms with E-state index in [-0.39, 0.29) is 23.1 Å². The van der Waals surface area contributed by atoms with E-state index < -0.39 is 4.87 Å². The molecule has 6 nitrogen and oxygen atoms in total. The lowest BCUT2D eigenvalue weighted by atomic mass is 9.80. The summed E-state index contributed by atoms with van der Waals surface area (Å²) in [4.78, 5) is 30.0. The topological polar surface area (TPSA) is 59.1 Å². The smallest absolute Gasteiger partial charge is 0.269 e. The first-order valence-corrected chi connectivity index (χ1v) is 11.7. The van der Waals surface area contributed by atoms with Crippen molar-refractivity contribution in [1.29, 1.82) is 0 Å². The summed E-state index contributed by atoms with van der Waals surface area (Å²) < 4.78 is 11.4. The molecule has 2 aromatic rings. The lowest BCUT2D eigenvalue weighted by Gasteiger charge is -2.44. The lowest BCUT2D eigenvalue weighted by Crippen LogP contribution is -2.56. The molecule has 1 fully saturated rings. The van der Waals surface area contributed by atoms with Gasteiger partial charge in [-0.3, -0.25) is 14.5 Å². The number of carbonyl (C=O) groups is 2. The molecule has 4 aliphatic heterocycles. The number of rotatable bonds is 1. The molecule has 1 saturated heterocycles. The summed E-state index contributed by atoms with van der Waals surface area (Å²) >= 11 is 1.42. The van der Waals surface area contributed by atoms with E-state index in [0.717, 1.165) is 17.7 Å². The number of fused-ring (bicyclic) bond motifs is 2. The monoisotopic (exact) mass is 436 g/mol. The molecule has 7 heteroatoms. The zero-order valence-corrected chi connectivity index (χ0v) is 18.6. The Morgan fingerprint density at radius 2 is 1.81 bits per heavy atom. The van der Waals surface area contributed by atoms with Gasteiger partial charge >= 0.3 is 0 Å². The molecule has 0 aromatic heterocycles. The van der Waals surface area contributed by atoms with E-state index in [4.69, 9.17) is 9.47 Å².